The molecular weight excluding hydrogens is 394 g/mol. The van der Waals surface area contributed by atoms with E-state index < -0.39 is 22.4 Å². The molecule has 0 radical (unpaired) electrons. The summed E-state index contributed by atoms with van der Waals surface area (Å²) in [6.45, 7) is 4.13. The zero-order chi connectivity index (χ0) is 21.3. The second kappa shape index (κ2) is 7.88. The van der Waals surface area contributed by atoms with Crippen molar-refractivity contribution in [2.24, 2.45) is 0 Å². The highest BCUT2D eigenvalue weighted by molar-refractivity contribution is 7.80. The van der Waals surface area contributed by atoms with E-state index in [1.54, 1.807) is 42.2 Å². The maximum absolute atomic E-state index is 13.3. The van der Waals surface area contributed by atoms with Crippen LogP contribution in [0.15, 0.2) is 53.7 Å². The summed E-state index contributed by atoms with van der Waals surface area (Å²) in [7, 11) is 0. The van der Waals surface area contributed by atoms with Crippen molar-refractivity contribution < 1.29 is 19.9 Å². The number of rotatable bonds is 5. The zero-order valence-electron chi connectivity index (χ0n) is 15.7. The number of allylic oxidation sites excluding steroid dienone is 1. The molecule has 0 amide bonds. The summed E-state index contributed by atoms with van der Waals surface area (Å²) in [6, 6.07) is 9.63. The Morgan fingerprint density at radius 1 is 1.24 bits per heavy atom. The van der Waals surface area contributed by atoms with Gasteiger partial charge in [0.05, 0.1) is 11.0 Å². The molecule has 9 heteroatoms. The molecule has 1 unspecified atom stereocenters. The third-order valence-corrected chi connectivity index (χ3v) is 5.16. The molecule has 150 valence electrons. The van der Waals surface area contributed by atoms with Gasteiger partial charge in [0.25, 0.3) is 0 Å². The lowest BCUT2D eigenvalue weighted by Gasteiger charge is -2.37. The maximum Gasteiger partial charge on any atom is 0.311 e. The van der Waals surface area contributed by atoms with Crippen LogP contribution in [-0.4, -0.2) is 37.5 Å². The number of nitrogens with zero attached hydrogens (tertiary/aromatic N) is 2. The quantitative estimate of drug-likeness (QED) is 0.296. The first-order valence-corrected chi connectivity index (χ1v) is 9.25. The van der Waals surface area contributed by atoms with E-state index in [1.807, 2.05) is 6.92 Å². The molecule has 1 aliphatic rings. The second-order valence-electron chi connectivity index (χ2n) is 6.48. The van der Waals surface area contributed by atoms with Gasteiger partial charge in [-0.3, -0.25) is 14.9 Å². The Labute approximate surface area is 172 Å². The third kappa shape index (κ3) is 3.64. The van der Waals surface area contributed by atoms with Crippen LogP contribution in [0.3, 0.4) is 0 Å². The first kappa shape index (κ1) is 20.3. The molecule has 0 saturated heterocycles. The largest absolute Gasteiger partial charge is 0.507 e. The van der Waals surface area contributed by atoms with E-state index in [0.717, 1.165) is 12.1 Å². The average molecular weight is 413 g/mol. The van der Waals surface area contributed by atoms with Crippen LogP contribution >= 0.6 is 12.2 Å². The highest BCUT2D eigenvalue weighted by atomic mass is 32.1. The predicted molar refractivity (Wildman–Crippen MR) is 111 cm³/mol. The van der Waals surface area contributed by atoms with Gasteiger partial charge in [0.1, 0.15) is 5.75 Å². The number of phenols is 2. The van der Waals surface area contributed by atoms with Crippen LogP contribution in [0.4, 0.5) is 5.69 Å². The smallest absolute Gasteiger partial charge is 0.311 e. The average Bonchev–Trinajstić information content (AvgIpc) is 2.68. The number of phenolic OH excluding ortho intramolecular Hbond substituents is 2. The summed E-state index contributed by atoms with van der Waals surface area (Å²) in [5, 5.41) is 34.8. The van der Waals surface area contributed by atoms with Crippen molar-refractivity contribution in [2.75, 3.05) is 6.54 Å². The van der Waals surface area contributed by atoms with Gasteiger partial charge in [0, 0.05) is 41.1 Å². The van der Waals surface area contributed by atoms with Gasteiger partial charge < -0.3 is 20.4 Å². The van der Waals surface area contributed by atoms with Gasteiger partial charge in [-0.25, -0.2) is 0 Å². The second-order valence-corrected chi connectivity index (χ2v) is 6.86. The third-order valence-electron chi connectivity index (χ3n) is 4.82. The van der Waals surface area contributed by atoms with E-state index in [4.69, 9.17) is 12.2 Å². The van der Waals surface area contributed by atoms with Crippen molar-refractivity contribution >= 4 is 28.8 Å². The fourth-order valence-corrected chi connectivity index (χ4v) is 3.78. The number of carbonyl (C=O) groups excluding carboxylic acids is 1. The normalized spacial score (nSPS) is 16.6. The molecule has 1 heterocycles. The summed E-state index contributed by atoms with van der Waals surface area (Å²) in [5.41, 5.74) is 0.830. The van der Waals surface area contributed by atoms with Crippen molar-refractivity contribution in [3.8, 4) is 11.5 Å². The van der Waals surface area contributed by atoms with Crippen LogP contribution in [0, 0.1) is 10.1 Å². The number of carbonyl (C=O) groups is 1. The van der Waals surface area contributed by atoms with Crippen LogP contribution in [0.25, 0.3) is 0 Å². The minimum atomic E-state index is -0.919. The number of hydrogen-bond donors (Lipinski definition) is 3. The minimum absolute atomic E-state index is 0.0752. The molecule has 0 fully saturated rings. The molecule has 1 atom stereocenters. The molecule has 2 aromatic carbocycles. The highest BCUT2D eigenvalue weighted by Crippen LogP contribution is 2.41. The molecule has 0 aliphatic carbocycles. The molecule has 8 nitrogen and oxygen atoms in total. The number of nitrogens with one attached hydrogen (secondary N) is 1. The molecule has 0 saturated carbocycles. The number of thiocarbonyl (C=S) groups is 1. The summed E-state index contributed by atoms with van der Waals surface area (Å²) >= 11 is 5.39. The monoisotopic (exact) mass is 413 g/mol. The van der Waals surface area contributed by atoms with Gasteiger partial charge in [-0.1, -0.05) is 30.3 Å². The number of hydrogen-bond acceptors (Lipinski definition) is 6. The van der Waals surface area contributed by atoms with Crippen LogP contribution < -0.4 is 5.32 Å². The first-order chi connectivity index (χ1) is 13.8. The summed E-state index contributed by atoms with van der Waals surface area (Å²) < 4.78 is 0. The SMILES string of the molecule is CCN1C(=S)NC(c2cc([N+](=O)[O-])c(O)cc2O)C(C(=O)c2ccccc2)=C1C. The summed E-state index contributed by atoms with van der Waals surface area (Å²) in [5.74, 6) is -1.34. The number of nitro groups is 1. The molecule has 0 aromatic heterocycles. The Bertz CT molecular complexity index is 1040. The van der Waals surface area contributed by atoms with Crippen LogP contribution in [-0.2, 0) is 0 Å². The van der Waals surface area contributed by atoms with Crippen molar-refractivity contribution in [2.45, 2.75) is 19.9 Å². The lowest BCUT2D eigenvalue weighted by atomic mass is 9.88. The number of nitro benzene ring substituents is 1. The van der Waals surface area contributed by atoms with Crippen LogP contribution in [0.5, 0.6) is 11.5 Å². The van der Waals surface area contributed by atoms with Crippen molar-refractivity contribution in [3.63, 3.8) is 0 Å². The van der Waals surface area contributed by atoms with E-state index >= 15 is 0 Å². The van der Waals surface area contributed by atoms with E-state index in [9.17, 15) is 25.1 Å². The topological polar surface area (TPSA) is 116 Å². The molecule has 2 aromatic rings. The van der Waals surface area contributed by atoms with Gasteiger partial charge in [-0.2, -0.15) is 0 Å². The maximum atomic E-state index is 13.3. The molecule has 0 bridgehead atoms. The number of aromatic hydroxyl groups is 2. The fourth-order valence-electron chi connectivity index (χ4n) is 3.39. The fraction of sp³-hybridized carbons (Fsp3) is 0.200. The Balaban J connectivity index is 2.22. The van der Waals surface area contributed by atoms with Gasteiger partial charge >= 0.3 is 5.69 Å². The summed E-state index contributed by atoms with van der Waals surface area (Å²) in [4.78, 5) is 25.6. The first-order valence-electron chi connectivity index (χ1n) is 8.85. The Hall–Kier alpha value is -3.46. The number of Topliss-reactive ketones (excluding diaryl/α,β-unsaturated/α-hetero) is 1. The molecule has 1 aliphatic heterocycles. The lowest BCUT2D eigenvalue weighted by Crippen LogP contribution is -2.47. The van der Waals surface area contributed by atoms with Gasteiger partial charge in [0.15, 0.2) is 16.6 Å². The molecular formula is C20H19N3O5S. The minimum Gasteiger partial charge on any atom is -0.507 e. The highest BCUT2D eigenvalue weighted by Gasteiger charge is 2.36. The molecule has 29 heavy (non-hydrogen) atoms. The molecule has 3 N–H and O–H groups in total. The van der Waals surface area contributed by atoms with Gasteiger partial charge in [0.2, 0.25) is 0 Å². The van der Waals surface area contributed by atoms with E-state index in [0.29, 0.717) is 28.5 Å². The van der Waals surface area contributed by atoms with Gasteiger partial charge in [-0.15, -0.1) is 0 Å². The Morgan fingerprint density at radius 2 is 1.90 bits per heavy atom. The molecule has 3 rings (SSSR count). The van der Waals surface area contributed by atoms with E-state index in [-0.39, 0.29) is 17.1 Å². The Morgan fingerprint density at radius 3 is 2.48 bits per heavy atom. The Kier molecular flexibility index (Phi) is 5.51. The van der Waals surface area contributed by atoms with Crippen LogP contribution in [0.2, 0.25) is 0 Å². The number of benzene rings is 2. The van der Waals surface area contributed by atoms with Crippen LogP contribution in [0.1, 0.15) is 35.8 Å². The lowest BCUT2D eigenvalue weighted by molar-refractivity contribution is -0.386. The predicted octanol–water partition coefficient (Wildman–Crippen LogP) is 3.41. The standard InChI is InChI=1S/C20H19N3O5S/c1-3-22-11(2)17(19(26)12-7-5-4-6-8-12)18(21-20(22)29)13-9-14(23(27)28)16(25)10-15(13)24/h4-10,18,24-25H,3H2,1-2H3,(H,21,29). The van der Waals surface area contributed by atoms with Crippen molar-refractivity contribution in [1.82, 2.24) is 10.2 Å². The van der Waals surface area contributed by atoms with E-state index in [1.165, 1.54) is 0 Å². The molecule has 0 spiro atoms. The zero-order valence-corrected chi connectivity index (χ0v) is 16.6. The van der Waals surface area contributed by atoms with Gasteiger partial charge in [-0.05, 0) is 26.1 Å². The van der Waals surface area contributed by atoms with E-state index in [2.05, 4.69) is 5.32 Å². The van der Waals surface area contributed by atoms with Crippen molar-refractivity contribution in [3.05, 3.63) is 75.0 Å². The number of ketones is 1. The van der Waals surface area contributed by atoms with Crippen molar-refractivity contribution in [1.29, 1.82) is 0 Å². The summed E-state index contributed by atoms with van der Waals surface area (Å²) in [6.07, 6.45) is 0.